The number of nitrogens with zero attached hydrogens (tertiary/aromatic N) is 1. The van der Waals surface area contributed by atoms with Crippen LogP contribution in [-0.4, -0.2) is 47.7 Å². The number of carboxylic acid groups (broad SMARTS) is 1. The van der Waals surface area contributed by atoms with Gasteiger partial charge >= 0.3 is 5.97 Å². The number of methoxy groups -OCH3 is 1. The molecule has 1 heterocycles. The first-order valence-electron chi connectivity index (χ1n) is 6.43. The summed E-state index contributed by atoms with van der Waals surface area (Å²) in [6.45, 7) is 0.343. The monoisotopic (exact) mass is 331 g/mol. The van der Waals surface area contributed by atoms with Crippen LogP contribution in [0.3, 0.4) is 0 Å². The molecule has 7 heteroatoms. The third-order valence-corrected chi connectivity index (χ3v) is 4.10. The van der Waals surface area contributed by atoms with E-state index < -0.39 is 12.0 Å². The molecule has 1 aliphatic rings. The van der Waals surface area contributed by atoms with Gasteiger partial charge in [-0.05, 0) is 24.6 Å². The van der Waals surface area contributed by atoms with Crippen molar-refractivity contribution in [3.63, 3.8) is 0 Å². The van der Waals surface area contributed by atoms with E-state index in [1.54, 1.807) is 19.2 Å². The predicted molar refractivity (Wildman–Crippen MR) is 79.0 cm³/mol. The Labute approximate surface area is 132 Å². The zero-order valence-electron chi connectivity index (χ0n) is 11.4. The van der Waals surface area contributed by atoms with Crippen LogP contribution in [0.2, 0.25) is 10.0 Å². The normalized spacial score (nSPS) is 21.6. The second-order valence-corrected chi connectivity index (χ2v) is 5.77. The molecule has 1 fully saturated rings. The van der Waals surface area contributed by atoms with Gasteiger partial charge in [-0.2, -0.15) is 0 Å². The lowest BCUT2D eigenvalue weighted by Gasteiger charge is -2.23. The van der Waals surface area contributed by atoms with Gasteiger partial charge in [-0.3, -0.25) is 9.59 Å². The van der Waals surface area contributed by atoms with E-state index in [1.165, 1.54) is 11.0 Å². The summed E-state index contributed by atoms with van der Waals surface area (Å²) in [4.78, 5) is 25.1. The van der Waals surface area contributed by atoms with Crippen LogP contribution in [0.25, 0.3) is 0 Å². The first kappa shape index (κ1) is 16.1. The summed E-state index contributed by atoms with van der Waals surface area (Å²) >= 11 is 11.9. The second kappa shape index (κ2) is 6.64. The number of aliphatic carboxylic acids is 1. The fourth-order valence-electron chi connectivity index (χ4n) is 2.50. The third kappa shape index (κ3) is 3.67. The minimum Gasteiger partial charge on any atom is -0.481 e. The van der Waals surface area contributed by atoms with E-state index >= 15 is 0 Å². The number of hydrogen-bond acceptors (Lipinski definition) is 3. The van der Waals surface area contributed by atoms with Gasteiger partial charge in [0.2, 0.25) is 0 Å². The van der Waals surface area contributed by atoms with Crippen molar-refractivity contribution in [2.75, 3.05) is 13.7 Å². The average molecular weight is 332 g/mol. The average Bonchev–Trinajstić information content (AvgIpc) is 2.83. The van der Waals surface area contributed by atoms with Gasteiger partial charge in [0.1, 0.15) is 0 Å². The molecule has 114 valence electrons. The number of hydrogen-bond donors (Lipinski definition) is 1. The largest absolute Gasteiger partial charge is 0.481 e. The molecule has 1 saturated heterocycles. The molecule has 2 rings (SSSR count). The molecule has 1 aliphatic heterocycles. The summed E-state index contributed by atoms with van der Waals surface area (Å²) in [5, 5.41) is 9.67. The molecule has 21 heavy (non-hydrogen) atoms. The van der Waals surface area contributed by atoms with E-state index in [-0.39, 0.29) is 24.0 Å². The summed E-state index contributed by atoms with van der Waals surface area (Å²) < 4.78 is 5.25. The summed E-state index contributed by atoms with van der Waals surface area (Å²) in [6, 6.07) is 4.23. The van der Waals surface area contributed by atoms with Crippen molar-refractivity contribution in [1.29, 1.82) is 0 Å². The Kier molecular flexibility index (Phi) is 5.08. The van der Waals surface area contributed by atoms with Crippen LogP contribution < -0.4 is 0 Å². The Morgan fingerprint density at radius 1 is 1.43 bits per heavy atom. The fourth-order valence-corrected chi connectivity index (χ4v) is 2.87. The number of amides is 1. The molecule has 1 aromatic rings. The van der Waals surface area contributed by atoms with E-state index in [0.717, 1.165) is 0 Å². The van der Waals surface area contributed by atoms with E-state index in [1.807, 2.05) is 0 Å². The van der Waals surface area contributed by atoms with Gasteiger partial charge < -0.3 is 14.7 Å². The molecule has 2 atom stereocenters. The molecule has 0 aromatic heterocycles. The van der Waals surface area contributed by atoms with E-state index in [4.69, 9.17) is 33.0 Å². The summed E-state index contributed by atoms with van der Waals surface area (Å²) in [5.41, 5.74) is 0.274. The maximum Gasteiger partial charge on any atom is 0.305 e. The van der Waals surface area contributed by atoms with Crippen LogP contribution in [0, 0.1) is 0 Å². The number of rotatable bonds is 4. The van der Waals surface area contributed by atoms with Crippen LogP contribution in [0.15, 0.2) is 18.2 Å². The van der Waals surface area contributed by atoms with Crippen molar-refractivity contribution in [2.24, 2.45) is 0 Å². The van der Waals surface area contributed by atoms with Crippen LogP contribution in [0.4, 0.5) is 0 Å². The molecule has 0 radical (unpaired) electrons. The molecule has 5 nitrogen and oxygen atoms in total. The number of carbonyl (C=O) groups is 2. The zero-order chi connectivity index (χ0) is 15.6. The Morgan fingerprint density at radius 3 is 2.76 bits per heavy atom. The highest BCUT2D eigenvalue weighted by Gasteiger charge is 2.37. The molecular weight excluding hydrogens is 317 g/mol. The summed E-state index contributed by atoms with van der Waals surface area (Å²) in [7, 11) is 1.54. The Hall–Kier alpha value is -1.30. The maximum absolute atomic E-state index is 12.6. The topological polar surface area (TPSA) is 66.8 Å². The first-order chi connectivity index (χ1) is 9.92. The molecule has 0 bridgehead atoms. The van der Waals surface area contributed by atoms with Gasteiger partial charge in [-0.25, -0.2) is 0 Å². The quantitative estimate of drug-likeness (QED) is 0.921. The highest BCUT2D eigenvalue weighted by atomic mass is 35.5. The van der Waals surface area contributed by atoms with Crippen molar-refractivity contribution in [2.45, 2.75) is 25.0 Å². The maximum atomic E-state index is 12.6. The van der Waals surface area contributed by atoms with Crippen molar-refractivity contribution < 1.29 is 19.4 Å². The molecule has 1 aromatic carbocycles. The lowest BCUT2D eigenvalue weighted by molar-refractivity contribution is -0.137. The van der Waals surface area contributed by atoms with Gasteiger partial charge in [-0.1, -0.05) is 23.2 Å². The highest BCUT2D eigenvalue weighted by molar-refractivity contribution is 6.35. The van der Waals surface area contributed by atoms with Gasteiger partial charge in [0.15, 0.2) is 0 Å². The smallest absolute Gasteiger partial charge is 0.305 e. The van der Waals surface area contributed by atoms with Gasteiger partial charge in [-0.15, -0.1) is 0 Å². The van der Waals surface area contributed by atoms with Crippen molar-refractivity contribution >= 4 is 35.1 Å². The fraction of sp³-hybridized carbons (Fsp3) is 0.429. The van der Waals surface area contributed by atoms with Crippen molar-refractivity contribution in [1.82, 2.24) is 4.90 Å². The number of benzene rings is 1. The minimum atomic E-state index is -0.952. The standard InChI is InChI=1S/C14H15Cl2NO4/c1-21-10-5-9(6-13(18)19)17(7-10)14(20)11-4-8(15)2-3-12(11)16/h2-4,9-10H,5-7H2,1H3,(H,18,19). The van der Waals surface area contributed by atoms with Gasteiger partial charge in [0.05, 0.1) is 23.1 Å². The second-order valence-electron chi connectivity index (χ2n) is 4.93. The van der Waals surface area contributed by atoms with Gasteiger partial charge in [0.25, 0.3) is 5.91 Å². The molecule has 0 saturated carbocycles. The lowest BCUT2D eigenvalue weighted by atomic mass is 10.1. The van der Waals surface area contributed by atoms with Crippen molar-refractivity contribution in [3.8, 4) is 0 Å². The predicted octanol–water partition coefficient (Wildman–Crippen LogP) is 2.70. The molecule has 2 unspecified atom stereocenters. The molecule has 0 spiro atoms. The van der Waals surface area contributed by atoms with E-state index in [9.17, 15) is 9.59 Å². The molecule has 1 amide bonds. The minimum absolute atomic E-state index is 0.121. The van der Waals surface area contributed by atoms with E-state index in [2.05, 4.69) is 0 Å². The number of halogens is 2. The lowest BCUT2D eigenvalue weighted by Crippen LogP contribution is -2.37. The number of ether oxygens (including phenoxy) is 1. The Balaban J connectivity index is 2.26. The van der Waals surface area contributed by atoms with Gasteiger partial charge in [0, 0.05) is 24.7 Å². The van der Waals surface area contributed by atoms with Crippen LogP contribution in [0.1, 0.15) is 23.2 Å². The SMILES string of the molecule is COC1CC(CC(=O)O)N(C(=O)c2cc(Cl)ccc2Cl)C1. The zero-order valence-corrected chi connectivity index (χ0v) is 12.9. The highest BCUT2D eigenvalue weighted by Crippen LogP contribution is 2.28. The van der Waals surface area contributed by atoms with E-state index in [0.29, 0.717) is 23.0 Å². The number of likely N-dealkylation sites (tertiary alicyclic amines) is 1. The molecule has 1 N–H and O–H groups in total. The van der Waals surface area contributed by atoms with Crippen LogP contribution >= 0.6 is 23.2 Å². The number of carboxylic acids is 1. The Bertz CT molecular complexity index is 564. The van der Waals surface area contributed by atoms with Crippen molar-refractivity contribution in [3.05, 3.63) is 33.8 Å². The summed E-state index contributed by atoms with van der Waals surface area (Å²) in [5.74, 6) is -1.28. The first-order valence-corrected chi connectivity index (χ1v) is 7.18. The molecular formula is C14H15Cl2NO4. The summed E-state index contributed by atoms with van der Waals surface area (Å²) in [6.07, 6.45) is 0.201. The Morgan fingerprint density at radius 2 is 2.14 bits per heavy atom. The van der Waals surface area contributed by atoms with Crippen LogP contribution in [0.5, 0.6) is 0 Å². The van der Waals surface area contributed by atoms with Crippen LogP contribution in [-0.2, 0) is 9.53 Å². The molecule has 0 aliphatic carbocycles. The third-order valence-electron chi connectivity index (χ3n) is 3.54. The number of carbonyl (C=O) groups excluding carboxylic acids is 1.